The monoisotopic (exact) mass is 261 g/mol. The fourth-order valence-electron chi connectivity index (χ4n) is 1.94. The number of rotatable bonds is 2. The lowest BCUT2D eigenvalue weighted by atomic mass is 10.1. The molecule has 90 valence electrons. The molecule has 1 fully saturated rings. The smallest absolute Gasteiger partial charge is 0.208 e. The summed E-state index contributed by atoms with van der Waals surface area (Å²) in [5.41, 5.74) is -0.183. The van der Waals surface area contributed by atoms with Gasteiger partial charge < -0.3 is 9.64 Å². The molecule has 0 aliphatic carbocycles. The Balaban J connectivity index is 2.15. The Morgan fingerprint density at radius 3 is 2.88 bits per heavy atom. The normalized spacial score (nSPS) is 24.8. The maximum Gasteiger partial charge on any atom is 0.208 e. The second-order valence-electron chi connectivity index (χ2n) is 4.64. The molecule has 1 aliphatic rings. The van der Waals surface area contributed by atoms with Crippen molar-refractivity contribution >= 4 is 28.1 Å². The van der Waals surface area contributed by atoms with Crippen LogP contribution in [-0.2, 0) is 4.74 Å². The molecule has 6 heteroatoms. The summed E-state index contributed by atoms with van der Waals surface area (Å²) in [6.45, 7) is 7.74. The Hall–Kier alpha value is -0.390. The van der Waals surface area contributed by atoms with Crippen LogP contribution in [0.3, 0.4) is 0 Å². The fraction of sp³-hybridized carbons (Fsp3) is 0.800. The van der Waals surface area contributed by atoms with Crippen LogP contribution in [-0.4, -0.2) is 40.9 Å². The van der Waals surface area contributed by atoms with Crippen LogP contribution >= 0.6 is 22.9 Å². The van der Waals surface area contributed by atoms with E-state index < -0.39 is 0 Å². The predicted octanol–water partition coefficient (Wildman–Crippen LogP) is 2.07. The molecule has 1 aliphatic heterocycles. The summed E-state index contributed by atoms with van der Waals surface area (Å²) in [7, 11) is 0. The van der Waals surface area contributed by atoms with E-state index >= 15 is 0 Å². The quantitative estimate of drug-likeness (QED) is 0.764. The molecule has 0 N–H and O–H groups in total. The fourth-order valence-corrected chi connectivity index (χ4v) is 2.79. The first-order valence-corrected chi connectivity index (χ1v) is 6.64. The highest BCUT2D eigenvalue weighted by Gasteiger charge is 2.34. The molecule has 1 saturated heterocycles. The topological polar surface area (TPSA) is 38.2 Å². The maximum absolute atomic E-state index is 5.88. The average molecular weight is 262 g/mol. The van der Waals surface area contributed by atoms with E-state index in [1.807, 2.05) is 6.92 Å². The van der Waals surface area contributed by atoms with Crippen molar-refractivity contribution in [3.8, 4) is 0 Å². The molecule has 2 rings (SSSR count). The molecule has 0 spiro atoms. The summed E-state index contributed by atoms with van der Waals surface area (Å²) in [4.78, 5) is 2.21. The molecule has 0 amide bonds. The Morgan fingerprint density at radius 2 is 2.31 bits per heavy atom. The van der Waals surface area contributed by atoms with Crippen molar-refractivity contribution in [1.82, 2.24) is 10.2 Å². The Bertz CT molecular complexity index is 369. The number of nitrogens with zero attached hydrogens (tertiary/aromatic N) is 3. The van der Waals surface area contributed by atoms with Gasteiger partial charge in [0.05, 0.1) is 17.6 Å². The summed E-state index contributed by atoms with van der Waals surface area (Å²) >= 11 is 7.49. The Kier molecular flexibility index (Phi) is 3.37. The van der Waals surface area contributed by atoms with E-state index in [4.69, 9.17) is 16.3 Å². The molecular formula is C10H16ClN3OS. The van der Waals surface area contributed by atoms with Crippen LogP contribution in [0.1, 0.15) is 18.9 Å². The van der Waals surface area contributed by atoms with E-state index in [1.54, 1.807) is 11.3 Å². The van der Waals surface area contributed by atoms with Gasteiger partial charge in [-0.2, -0.15) is 0 Å². The Morgan fingerprint density at radius 1 is 1.56 bits per heavy atom. The van der Waals surface area contributed by atoms with E-state index in [2.05, 4.69) is 28.9 Å². The van der Waals surface area contributed by atoms with Gasteiger partial charge in [0.25, 0.3) is 0 Å². The van der Waals surface area contributed by atoms with Gasteiger partial charge in [-0.25, -0.2) is 0 Å². The van der Waals surface area contributed by atoms with Crippen LogP contribution < -0.4 is 4.90 Å². The minimum Gasteiger partial charge on any atom is -0.367 e. The number of ether oxygens (including phenoxy) is 1. The number of aromatic nitrogens is 2. The first kappa shape index (κ1) is 12.1. The summed E-state index contributed by atoms with van der Waals surface area (Å²) in [6.07, 6.45) is 0.0645. The second-order valence-corrected chi connectivity index (χ2v) is 6.11. The van der Waals surface area contributed by atoms with Gasteiger partial charge in [0.1, 0.15) is 5.01 Å². The van der Waals surface area contributed by atoms with Gasteiger partial charge in [0.15, 0.2) is 0 Å². The molecule has 1 atom stereocenters. The van der Waals surface area contributed by atoms with Gasteiger partial charge in [-0.3, -0.25) is 0 Å². The third-order valence-electron chi connectivity index (χ3n) is 2.44. The van der Waals surface area contributed by atoms with Gasteiger partial charge in [-0.15, -0.1) is 21.8 Å². The van der Waals surface area contributed by atoms with Crippen molar-refractivity contribution < 1.29 is 4.74 Å². The number of hydrogen-bond donors (Lipinski definition) is 0. The highest BCUT2D eigenvalue weighted by atomic mass is 35.5. The lowest BCUT2D eigenvalue weighted by molar-refractivity contribution is -0.0734. The van der Waals surface area contributed by atoms with Gasteiger partial charge in [-0.05, 0) is 20.8 Å². The zero-order valence-electron chi connectivity index (χ0n) is 9.73. The SMILES string of the molecule is Cc1nnc(N2CC(CCl)OC(C)(C)C2)s1. The molecule has 4 nitrogen and oxygen atoms in total. The molecule has 0 aromatic carbocycles. The molecule has 0 saturated carbocycles. The van der Waals surface area contributed by atoms with Gasteiger partial charge in [-0.1, -0.05) is 11.3 Å². The first-order chi connectivity index (χ1) is 7.50. The molecule has 1 aromatic rings. The van der Waals surface area contributed by atoms with E-state index in [9.17, 15) is 0 Å². The zero-order valence-corrected chi connectivity index (χ0v) is 11.3. The molecule has 1 aromatic heterocycles. The van der Waals surface area contributed by atoms with Crippen LogP contribution in [0.4, 0.5) is 5.13 Å². The van der Waals surface area contributed by atoms with Crippen LogP contribution in [0, 0.1) is 6.92 Å². The van der Waals surface area contributed by atoms with Crippen LogP contribution in [0.25, 0.3) is 0 Å². The lowest BCUT2D eigenvalue weighted by Crippen LogP contribution is -2.53. The summed E-state index contributed by atoms with van der Waals surface area (Å²) in [5.74, 6) is 0.512. The number of halogens is 1. The predicted molar refractivity (Wildman–Crippen MR) is 66.5 cm³/mol. The second kappa shape index (κ2) is 4.47. The van der Waals surface area contributed by atoms with E-state index in [1.165, 1.54) is 0 Å². The summed E-state index contributed by atoms with van der Waals surface area (Å²) in [6, 6.07) is 0. The number of alkyl halides is 1. The highest BCUT2D eigenvalue weighted by molar-refractivity contribution is 7.15. The largest absolute Gasteiger partial charge is 0.367 e. The number of aryl methyl sites for hydroxylation is 1. The molecule has 0 bridgehead atoms. The van der Waals surface area contributed by atoms with Crippen LogP contribution in [0.5, 0.6) is 0 Å². The summed E-state index contributed by atoms with van der Waals surface area (Å²) < 4.78 is 5.86. The molecular weight excluding hydrogens is 246 g/mol. The van der Waals surface area contributed by atoms with E-state index in [-0.39, 0.29) is 11.7 Å². The average Bonchev–Trinajstić information content (AvgIpc) is 2.62. The maximum atomic E-state index is 5.88. The molecule has 2 heterocycles. The van der Waals surface area contributed by atoms with Crippen molar-refractivity contribution in [2.45, 2.75) is 32.5 Å². The van der Waals surface area contributed by atoms with Gasteiger partial charge in [0, 0.05) is 13.1 Å². The van der Waals surface area contributed by atoms with E-state index in [0.29, 0.717) is 5.88 Å². The zero-order chi connectivity index (χ0) is 11.8. The number of hydrogen-bond acceptors (Lipinski definition) is 5. The van der Waals surface area contributed by atoms with Crippen molar-refractivity contribution in [2.75, 3.05) is 23.9 Å². The van der Waals surface area contributed by atoms with Crippen LogP contribution in [0.15, 0.2) is 0 Å². The molecule has 1 unspecified atom stereocenters. The van der Waals surface area contributed by atoms with Crippen molar-refractivity contribution in [3.63, 3.8) is 0 Å². The third kappa shape index (κ3) is 2.64. The number of morpholine rings is 1. The lowest BCUT2D eigenvalue weighted by Gasteiger charge is -2.42. The molecule has 0 radical (unpaired) electrons. The Labute approximate surface area is 105 Å². The minimum absolute atomic E-state index is 0.0645. The standard InChI is InChI=1S/C10H16ClN3OS/c1-7-12-13-9(16-7)14-5-8(4-11)15-10(2,3)6-14/h8H,4-6H2,1-3H3. The van der Waals surface area contributed by atoms with E-state index in [0.717, 1.165) is 23.2 Å². The molecule has 16 heavy (non-hydrogen) atoms. The van der Waals surface area contributed by atoms with Crippen molar-refractivity contribution in [1.29, 1.82) is 0 Å². The van der Waals surface area contributed by atoms with Crippen molar-refractivity contribution in [3.05, 3.63) is 5.01 Å². The third-order valence-corrected chi connectivity index (χ3v) is 3.68. The number of anilines is 1. The van der Waals surface area contributed by atoms with Crippen LogP contribution in [0.2, 0.25) is 0 Å². The highest BCUT2D eigenvalue weighted by Crippen LogP contribution is 2.28. The van der Waals surface area contributed by atoms with Gasteiger partial charge >= 0.3 is 0 Å². The minimum atomic E-state index is -0.183. The van der Waals surface area contributed by atoms with Gasteiger partial charge in [0.2, 0.25) is 5.13 Å². The summed E-state index contributed by atoms with van der Waals surface area (Å²) in [5, 5.41) is 10.2. The first-order valence-electron chi connectivity index (χ1n) is 5.29. The van der Waals surface area contributed by atoms with Crippen molar-refractivity contribution in [2.24, 2.45) is 0 Å².